The van der Waals surface area contributed by atoms with Crippen molar-refractivity contribution >= 4 is 27.8 Å². The lowest BCUT2D eigenvalue weighted by Crippen LogP contribution is -2.30. The van der Waals surface area contributed by atoms with Crippen LogP contribution in [-0.2, 0) is 4.74 Å². The normalized spacial score (nSPS) is 17.2. The molecule has 3 aromatic carbocycles. The fourth-order valence-electron chi connectivity index (χ4n) is 4.80. The van der Waals surface area contributed by atoms with Gasteiger partial charge in [0.05, 0.1) is 38.1 Å². The van der Waals surface area contributed by atoms with Crippen LogP contribution in [-0.4, -0.2) is 37.6 Å². The van der Waals surface area contributed by atoms with Crippen molar-refractivity contribution in [3.05, 3.63) is 50.1 Å². The zero-order valence-corrected chi connectivity index (χ0v) is 17.3. The lowest BCUT2D eigenvalue weighted by Gasteiger charge is -2.37. The molecule has 3 aliphatic heterocycles. The Balaban J connectivity index is 1.80. The number of nitrogens with zero attached hydrogens (tertiary/aromatic N) is 3. The number of nitro benzene ring substituents is 2. The Labute approximate surface area is 185 Å². The van der Waals surface area contributed by atoms with Crippen molar-refractivity contribution < 1.29 is 33.5 Å². The van der Waals surface area contributed by atoms with Crippen LogP contribution in [0.2, 0.25) is 0 Å². The van der Waals surface area contributed by atoms with Gasteiger partial charge in [-0.3, -0.25) is 20.2 Å². The Kier molecular flexibility index (Phi) is 3.87. The molecule has 0 aromatic heterocycles. The molecule has 6 rings (SSSR count). The first-order valence-corrected chi connectivity index (χ1v) is 9.82. The number of nitro groups is 2. The van der Waals surface area contributed by atoms with E-state index in [0.717, 1.165) is 0 Å². The van der Waals surface area contributed by atoms with Crippen LogP contribution in [0.5, 0.6) is 23.0 Å². The maximum atomic E-state index is 12.1. The van der Waals surface area contributed by atoms with Gasteiger partial charge in [-0.2, -0.15) is 0 Å². The topological polar surface area (TPSA) is 136 Å². The highest BCUT2D eigenvalue weighted by atomic mass is 16.7. The molecule has 0 N–H and O–H groups in total. The van der Waals surface area contributed by atoms with Crippen molar-refractivity contribution in [3.63, 3.8) is 0 Å². The molecule has 168 valence electrons. The Morgan fingerprint density at radius 1 is 0.909 bits per heavy atom. The average Bonchev–Trinajstić information content (AvgIpc) is 3.44. The lowest BCUT2D eigenvalue weighted by atomic mass is 9.87. The van der Waals surface area contributed by atoms with Gasteiger partial charge in [-0.05, 0) is 12.1 Å². The minimum Gasteiger partial charge on any atom is -0.454 e. The second-order valence-electron chi connectivity index (χ2n) is 7.67. The third-order valence-electron chi connectivity index (χ3n) is 6.10. The summed E-state index contributed by atoms with van der Waals surface area (Å²) in [5.74, 6) is 1.35. The molecular formula is C21H15N3O9. The zero-order valence-electron chi connectivity index (χ0n) is 17.3. The van der Waals surface area contributed by atoms with Crippen LogP contribution in [0.15, 0.2) is 24.3 Å². The van der Waals surface area contributed by atoms with Gasteiger partial charge < -0.3 is 28.6 Å². The summed E-state index contributed by atoms with van der Waals surface area (Å²) in [6, 6.07) is 5.82. The van der Waals surface area contributed by atoms with Crippen LogP contribution in [0.4, 0.5) is 17.1 Å². The van der Waals surface area contributed by atoms with Gasteiger partial charge in [-0.15, -0.1) is 0 Å². The summed E-state index contributed by atoms with van der Waals surface area (Å²) in [5, 5.41) is 24.9. The maximum Gasteiger partial charge on any atom is 0.281 e. The summed E-state index contributed by atoms with van der Waals surface area (Å²) in [7, 11) is 3.21. The third-order valence-corrected chi connectivity index (χ3v) is 6.10. The molecule has 0 spiro atoms. The number of ether oxygens (including phenoxy) is 5. The molecule has 0 fully saturated rings. The molecular weight excluding hydrogens is 438 g/mol. The van der Waals surface area contributed by atoms with Gasteiger partial charge in [0.1, 0.15) is 0 Å². The molecule has 0 radical (unpaired) electrons. The number of hydrogen-bond donors (Lipinski definition) is 0. The van der Waals surface area contributed by atoms with E-state index in [0.29, 0.717) is 44.8 Å². The molecule has 0 saturated carbocycles. The van der Waals surface area contributed by atoms with Crippen molar-refractivity contribution in [2.75, 3.05) is 32.6 Å². The van der Waals surface area contributed by atoms with Crippen LogP contribution in [0.25, 0.3) is 21.9 Å². The minimum atomic E-state index is -0.780. The summed E-state index contributed by atoms with van der Waals surface area (Å²) in [4.78, 5) is 24.8. The molecule has 33 heavy (non-hydrogen) atoms. The molecule has 12 nitrogen and oxygen atoms in total. The summed E-state index contributed by atoms with van der Waals surface area (Å²) in [5.41, 5.74) is 0.916. The lowest BCUT2D eigenvalue weighted by molar-refractivity contribution is -0.384. The molecule has 0 saturated heterocycles. The van der Waals surface area contributed by atoms with E-state index < -0.39 is 16.1 Å². The van der Waals surface area contributed by atoms with E-state index in [9.17, 15) is 20.2 Å². The second-order valence-corrected chi connectivity index (χ2v) is 7.67. The Hall–Kier alpha value is -4.32. The second kappa shape index (κ2) is 6.59. The molecule has 0 bridgehead atoms. The quantitative estimate of drug-likeness (QED) is 0.424. The van der Waals surface area contributed by atoms with Crippen molar-refractivity contribution in [2.45, 2.75) is 6.23 Å². The van der Waals surface area contributed by atoms with E-state index in [1.54, 1.807) is 24.1 Å². The van der Waals surface area contributed by atoms with E-state index in [1.807, 2.05) is 0 Å². The Morgan fingerprint density at radius 2 is 1.55 bits per heavy atom. The molecule has 0 aliphatic carbocycles. The SMILES string of the molecule is COC1c2c3c(cc([N+](=O)[O-])c2-c2cc([N+](=O)[O-])c4cc5c(cc4c2N1C)OCO5)OCO3. The maximum absolute atomic E-state index is 12.1. The van der Waals surface area contributed by atoms with E-state index in [1.165, 1.54) is 19.2 Å². The molecule has 3 heterocycles. The number of anilines is 1. The molecule has 0 amide bonds. The summed E-state index contributed by atoms with van der Waals surface area (Å²) < 4.78 is 27.7. The fourth-order valence-corrected chi connectivity index (χ4v) is 4.80. The molecule has 1 unspecified atom stereocenters. The predicted molar refractivity (Wildman–Crippen MR) is 113 cm³/mol. The number of benzene rings is 3. The Morgan fingerprint density at radius 3 is 2.21 bits per heavy atom. The Bertz CT molecular complexity index is 1400. The number of non-ortho nitro benzene ring substituents is 1. The number of methoxy groups -OCH3 is 1. The smallest absolute Gasteiger partial charge is 0.281 e. The number of fused-ring (bicyclic) bond motifs is 8. The van der Waals surface area contributed by atoms with E-state index >= 15 is 0 Å². The summed E-state index contributed by atoms with van der Waals surface area (Å²) in [6.07, 6.45) is -0.780. The van der Waals surface area contributed by atoms with Gasteiger partial charge in [-0.25, -0.2) is 0 Å². The van der Waals surface area contributed by atoms with Crippen molar-refractivity contribution in [2.24, 2.45) is 0 Å². The minimum absolute atomic E-state index is 0.00401. The van der Waals surface area contributed by atoms with Crippen LogP contribution in [0.1, 0.15) is 11.8 Å². The fraction of sp³-hybridized carbons (Fsp3) is 0.238. The van der Waals surface area contributed by atoms with E-state index in [-0.39, 0.29) is 36.3 Å². The highest BCUT2D eigenvalue weighted by Gasteiger charge is 2.42. The van der Waals surface area contributed by atoms with Crippen molar-refractivity contribution in [1.82, 2.24) is 0 Å². The van der Waals surface area contributed by atoms with E-state index in [2.05, 4.69) is 0 Å². The molecule has 1 atom stereocenters. The molecule has 12 heteroatoms. The summed E-state index contributed by atoms with van der Waals surface area (Å²) >= 11 is 0. The van der Waals surface area contributed by atoms with Gasteiger partial charge in [0.2, 0.25) is 13.6 Å². The van der Waals surface area contributed by atoms with Crippen molar-refractivity contribution in [1.29, 1.82) is 0 Å². The predicted octanol–water partition coefficient (Wildman–Crippen LogP) is 3.88. The third kappa shape index (κ3) is 2.49. The van der Waals surface area contributed by atoms with E-state index in [4.69, 9.17) is 23.7 Å². The standard InChI is InChI=1S/C21H15N3O9/c1-22-19-10-5-15-14(30-7-31-15)4-9(10)12(23(25)26)3-11(19)17-13(24(27)28)6-16-20(33-8-32-16)18(17)21(22)29-2/h3-6,21H,7-8H2,1-2H3. The highest BCUT2D eigenvalue weighted by molar-refractivity contribution is 6.10. The number of rotatable bonds is 3. The zero-order chi connectivity index (χ0) is 23.0. The highest BCUT2D eigenvalue weighted by Crippen LogP contribution is 2.58. The van der Waals surface area contributed by atoms with Crippen LogP contribution < -0.4 is 23.8 Å². The molecule has 3 aliphatic rings. The molecule has 3 aromatic rings. The first kappa shape index (κ1) is 19.4. The van der Waals surface area contributed by atoms with Gasteiger partial charge in [0, 0.05) is 31.2 Å². The van der Waals surface area contributed by atoms with Gasteiger partial charge in [0.15, 0.2) is 29.2 Å². The largest absolute Gasteiger partial charge is 0.454 e. The van der Waals surface area contributed by atoms with Crippen molar-refractivity contribution in [3.8, 4) is 34.1 Å². The first-order chi connectivity index (χ1) is 15.9. The van der Waals surface area contributed by atoms with Gasteiger partial charge >= 0.3 is 0 Å². The number of hydrogen-bond acceptors (Lipinski definition) is 10. The van der Waals surface area contributed by atoms with Gasteiger partial charge in [-0.1, -0.05) is 0 Å². The van der Waals surface area contributed by atoms with Crippen LogP contribution in [0.3, 0.4) is 0 Å². The monoisotopic (exact) mass is 453 g/mol. The van der Waals surface area contributed by atoms with Gasteiger partial charge in [0.25, 0.3) is 11.4 Å². The van der Waals surface area contributed by atoms with Crippen LogP contribution in [0, 0.1) is 20.2 Å². The average molecular weight is 453 g/mol. The summed E-state index contributed by atoms with van der Waals surface area (Å²) in [6.45, 7) is -0.104. The van der Waals surface area contributed by atoms with Crippen LogP contribution >= 0.6 is 0 Å². The first-order valence-electron chi connectivity index (χ1n) is 9.82.